The summed E-state index contributed by atoms with van der Waals surface area (Å²) in [6, 6.07) is 6.41. The van der Waals surface area contributed by atoms with Crippen LogP contribution in [0, 0.1) is 0 Å². The first kappa shape index (κ1) is 19.0. The normalized spacial score (nSPS) is 21.3. The predicted octanol–water partition coefficient (Wildman–Crippen LogP) is 1.74. The molecule has 0 spiro atoms. The van der Waals surface area contributed by atoms with Gasteiger partial charge in [-0.2, -0.15) is 0 Å². The highest BCUT2D eigenvalue weighted by Crippen LogP contribution is 2.33. The molecule has 144 valence electrons. The van der Waals surface area contributed by atoms with Gasteiger partial charge < -0.3 is 20.5 Å². The molecule has 1 saturated heterocycles. The second kappa shape index (κ2) is 9.78. The minimum atomic E-state index is 0.457. The number of nitrogens with zero attached hydrogens (tertiary/aromatic N) is 2. The number of aryl methyl sites for hydroxylation is 1. The predicted molar refractivity (Wildman–Crippen MR) is 105 cm³/mol. The fraction of sp³-hybridized carbons (Fsp3) is 0.650. The van der Waals surface area contributed by atoms with Crippen molar-refractivity contribution >= 4 is 5.96 Å². The quantitative estimate of drug-likeness (QED) is 0.440. The van der Waals surface area contributed by atoms with Gasteiger partial charge in [-0.1, -0.05) is 6.07 Å². The molecule has 0 bridgehead atoms. The standard InChI is InChI=1S/C20H32N4O2/c1-25-18-6-7-19-16(14-18)4-2-5-17(19)15-23-20(21)22-8-3-9-24-10-12-26-13-11-24/h6-7,14,17H,2-5,8-13,15H2,1H3,(H3,21,22,23). The Morgan fingerprint density at radius 3 is 3.04 bits per heavy atom. The number of methoxy groups -OCH3 is 1. The largest absolute Gasteiger partial charge is 0.497 e. The zero-order chi connectivity index (χ0) is 18.2. The number of nitrogens with one attached hydrogen (secondary N) is 1. The molecular formula is C20H32N4O2. The van der Waals surface area contributed by atoms with Crippen LogP contribution in [-0.2, 0) is 11.2 Å². The van der Waals surface area contributed by atoms with Gasteiger partial charge in [0.2, 0.25) is 0 Å². The second-order valence-electron chi connectivity index (χ2n) is 7.11. The van der Waals surface area contributed by atoms with Gasteiger partial charge in [-0.3, -0.25) is 9.89 Å². The summed E-state index contributed by atoms with van der Waals surface area (Å²) >= 11 is 0. The molecule has 2 aliphatic rings. The van der Waals surface area contributed by atoms with Gasteiger partial charge in [0.1, 0.15) is 5.75 Å². The van der Waals surface area contributed by atoms with Crippen molar-refractivity contribution in [1.29, 1.82) is 0 Å². The van der Waals surface area contributed by atoms with Crippen LogP contribution in [0.1, 0.15) is 36.3 Å². The van der Waals surface area contributed by atoms with Gasteiger partial charge in [-0.15, -0.1) is 0 Å². The van der Waals surface area contributed by atoms with E-state index >= 15 is 0 Å². The van der Waals surface area contributed by atoms with Gasteiger partial charge in [0, 0.05) is 32.1 Å². The van der Waals surface area contributed by atoms with E-state index < -0.39 is 0 Å². The Morgan fingerprint density at radius 2 is 2.23 bits per heavy atom. The van der Waals surface area contributed by atoms with Crippen LogP contribution in [0.4, 0.5) is 0 Å². The third kappa shape index (κ3) is 5.35. The number of hydrogen-bond donors (Lipinski definition) is 2. The molecule has 1 aromatic rings. The summed E-state index contributed by atoms with van der Waals surface area (Å²) in [7, 11) is 1.72. The van der Waals surface area contributed by atoms with Gasteiger partial charge in [0.05, 0.1) is 20.3 Å². The molecule has 6 heteroatoms. The van der Waals surface area contributed by atoms with Gasteiger partial charge in [0.15, 0.2) is 5.96 Å². The summed E-state index contributed by atoms with van der Waals surface area (Å²) in [5, 5.41) is 3.25. The molecule has 1 heterocycles. The Labute approximate surface area is 156 Å². The number of fused-ring (bicyclic) bond motifs is 1. The highest BCUT2D eigenvalue weighted by atomic mass is 16.5. The van der Waals surface area contributed by atoms with Crippen molar-refractivity contribution in [3.05, 3.63) is 29.3 Å². The van der Waals surface area contributed by atoms with Crippen molar-refractivity contribution in [1.82, 2.24) is 10.2 Å². The first-order valence-corrected chi connectivity index (χ1v) is 9.77. The first-order valence-electron chi connectivity index (χ1n) is 9.77. The van der Waals surface area contributed by atoms with E-state index in [2.05, 4.69) is 27.3 Å². The Morgan fingerprint density at radius 1 is 1.38 bits per heavy atom. The molecule has 1 unspecified atom stereocenters. The van der Waals surface area contributed by atoms with Crippen molar-refractivity contribution in [3.63, 3.8) is 0 Å². The van der Waals surface area contributed by atoms with Crippen LogP contribution >= 0.6 is 0 Å². The average molecular weight is 361 g/mol. The van der Waals surface area contributed by atoms with E-state index in [-0.39, 0.29) is 0 Å². The number of guanidine groups is 1. The van der Waals surface area contributed by atoms with Gasteiger partial charge in [0.25, 0.3) is 0 Å². The summed E-state index contributed by atoms with van der Waals surface area (Å²) in [4.78, 5) is 7.03. The molecule has 1 aliphatic heterocycles. The van der Waals surface area contributed by atoms with Crippen LogP contribution in [0.25, 0.3) is 0 Å². The fourth-order valence-corrected chi connectivity index (χ4v) is 3.82. The van der Waals surface area contributed by atoms with Gasteiger partial charge in [-0.25, -0.2) is 0 Å². The summed E-state index contributed by atoms with van der Waals surface area (Å²) < 4.78 is 10.7. The van der Waals surface area contributed by atoms with Crippen molar-refractivity contribution in [3.8, 4) is 5.75 Å². The zero-order valence-electron chi connectivity index (χ0n) is 15.9. The maximum atomic E-state index is 6.06. The van der Waals surface area contributed by atoms with Gasteiger partial charge in [-0.05, 0) is 55.5 Å². The molecule has 3 rings (SSSR count). The molecule has 1 aliphatic carbocycles. The lowest BCUT2D eigenvalue weighted by atomic mass is 9.83. The molecule has 1 fully saturated rings. The van der Waals surface area contributed by atoms with Crippen molar-refractivity contribution in [2.45, 2.75) is 31.6 Å². The van der Waals surface area contributed by atoms with Crippen molar-refractivity contribution in [2.24, 2.45) is 10.7 Å². The number of benzene rings is 1. The van der Waals surface area contributed by atoms with Crippen molar-refractivity contribution in [2.75, 3.05) is 53.0 Å². The molecular weight excluding hydrogens is 328 g/mol. The fourth-order valence-electron chi connectivity index (χ4n) is 3.82. The molecule has 1 atom stereocenters. The lowest BCUT2D eigenvalue weighted by Crippen LogP contribution is -2.39. The Bertz CT molecular complexity index is 599. The summed E-state index contributed by atoms with van der Waals surface area (Å²) in [5.74, 6) is 1.96. The molecule has 1 aromatic carbocycles. The minimum absolute atomic E-state index is 0.457. The van der Waals surface area contributed by atoms with Gasteiger partial charge >= 0.3 is 0 Å². The smallest absolute Gasteiger partial charge is 0.188 e. The van der Waals surface area contributed by atoms with E-state index in [1.54, 1.807) is 7.11 Å². The number of ether oxygens (including phenoxy) is 2. The topological polar surface area (TPSA) is 72.1 Å². The minimum Gasteiger partial charge on any atom is -0.497 e. The molecule has 0 aromatic heterocycles. The third-order valence-electron chi connectivity index (χ3n) is 5.33. The highest BCUT2D eigenvalue weighted by Gasteiger charge is 2.20. The van der Waals surface area contributed by atoms with Crippen molar-refractivity contribution < 1.29 is 9.47 Å². The Kier molecular flexibility index (Phi) is 7.14. The van der Waals surface area contributed by atoms with Crippen LogP contribution in [0.5, 0.6) is 5.75 Å². The molecule has 6 nitrogen and oxygen atoms in total. The Balaban J connectivity index is 1.43. The van der Waals surface area contributed by atoms with Crippen LogP contribution in [-0.4, -0.2) is 63.9 Å². The van der Waals surface area contributed by atoms with E-state index in [4.69, 9.17) is 15.2 Å². The maximum absolute atomic E-state index is 6.06. The molecule has 0 saturated carbocycles. The van der Waals surface area contributed by atoms with Crippen LogP contribution in [0.3, 0.4) is 0 Å². The zero-order valence-corrected chi connectivity index (χ0v) is 15.9. The lowest BCUT2D eigenvalue weighted by Gasteiger charge is -2.26. The van der Waals surface area contributed by atoms with E-state index in [1.165, 1.54) is 24.0 Å². The van der Waals surface area contributed by atoms with Crippen LogP contribution < -0.4 is 15.8 Å². The monoisotopic (exact) mass is 360 g/mol. The molecule has 0 amide bonds. The maximum Gasteiger partial charge on any atom is 0.188 e. The van der Waals surface area contributed by atoms with E-state index in [0.717, 1.165) is 64.5 Å². The Hall–Kier alpha value is -1.79. The lowest BCUT2D eigenvalue weighted by molar-refractivity contribution is 0.0376. The number of aliphatic imine (C=N–C) groups is 1. The second-order valence-corrected chi connectivity index (χ2v) is 7.11. The third-order valence-corrected chi connectivity index (χ3v) is 5.33. The van der Waals surface area contributed by atoms with E-state index in [9.17, 15) is 0 Å². The number of hydrogen-bond acceptors (Lipinski definition) is 4. The summed E-state index contributed by atoms with van der Waals surface area (Å²) in [5.41, 5.74) is 8.86. The highest BCUT2D eigenvalue weighted by molar-refractivity contribution is 5.77. The number of morpholine rings is 1. The molecule has 3 N–H and O–H groups in total. The number of rotatable bonds is 7. The SMILES string of the molecule is COc1ccc2c(c1)CCCC2CN=C(N)NCCCN1CCOCC1. The van der Waals surface area contributed by atoms with E-state index in [0.29, 0.717) is 11.9 Å². The summed E-state index contributed by atoms with van der Waals surface area (Å²) in [6.07, 6.45) is 4.57. The first-order chi connectivity index (χ1) is 12.8. The van der Waals surface area contributed by atoms with Crippen LogP contribution in [0.2, 0.25) is 0 Å². The average Bonchev–Trinajstić information content (AvgIpc) is 2.70. The molecule has 0 radical (unpaired) electrons. The molecule has 26 heavy (non-hydrogen) atoms. The van der Waals surface area contributed by atoms with Crippen LogP contribution in [0.15, 0.2) is 23.2 Å². The number of nitrogens with two attached hydrogens (primary N) is 1. The van der Waals surface area contributed by atoms with E-state index in [1.807, 2.05) is 6.07 Å². The summed E-state index contributed by atoms with van der Waals surface area (Å²) in [6.45, 7) is 6.48.